The van der Waals surface area contributed by atoms with Crippen LogP contribution in [0.15, 0.2) is 48.5 Å². The largest absolute Gasteiger partial charge is 0.348 e. The molecule has 0 bridgehead atoms. The van der Waals surface area contributed by atoms with E-state index in [4.69, 9.17) is 11.6 Å². The maximum absolute atomic E-state index is 12.4. The summed E-state index contributed by atoms with van der Waals surface area (Å²) in [5.74, 6) is -1.44. The Bertz CT molecular complexity index is 820. The first-order valence-electron chi connectivity index (χ1n) is 7.48. The lowest BCUT2D eigenvalue weighted by molar-refractivity contribution is -0.122. The first-order chi connectivity index (χ1) is 11.5. The smallest absolute Gasteiger partial charge is 0.263 e. The summed E-state index contributed by atoms with van der Waals surface area (Å²) in [5.41, 5.74) is 1.33. The van der Waals surface area contributed by atoms with Crippen LogP contribution >= 0.6 is 11.6 Å². The van der Waals surface area contributed by atoms with E-state index in [1.807, 2.05) is 37.3 Å². The van der Waals surface area contributed by atoms with Gasteiger partial charge in [0.1, 0.15) is 6.54 Å². The Labute approximate surface area is 144 Å². The molecule has 2 aromatic carbocycles. The Kier molecular flexibility index (Phi) is 4.36. The van der Waals surface area contributed by atoms with Crippen LogP contribution in [0.1, 0.15) is 39.2 Å². The average molecular weight is 343 g/mol. The predicted molar refractivity (Wildman–Crippen MR) is 89.8 cm³/mol. The monoisotopic (exact) mass is 342 g/mol. The number of hydrogen-bond acceptors (Lipinski definition) is 3. The van der Waals surface area contributed by atoms with Gasteiger partial charge in [0.25, 0.3) is 11.8 Å². The number of halogens is 1. The van der Waals surface area contributed by atoms with Gasteiger partial charge in [-0.3, -0.25) is 19.3 Å². The second-order valence-electron chi connectivity index (χ2n) is 5.56. The molecule has 0 spiro atoms. The second kappa shape index (κ2) is 6.45. The van der Waals surface area contributed by atoms with E-state index < -0.39 is 17.7 Å². The number of rotatable bonds is 4. The SMILES string of the molecule is CC(NC(=O)CN1C(=O)c2cccc(Cl)c2C1=O)c1ccccc1. The van der Waals surface area contributed by atoms with Crippen LogP contribution < -0.4 is 5.32 Å². The van der Waals surface area contributed by atoms with Crippen molar-refractivity contribution in [1.29, 1.82) is 0 Å². The summed E-state index contributed by atoms with van der Waals surface area (Å²) >= 11 is 6.00. The van der Waals surface area contributed by atoms with Crippen LogP contribution in [0.4, 0.5) is 0 Å². The summed E-state index contributed by atoms with van der Waals surface area (Å²) in [5, 5.41) is 3.00. The maximum atomic E-state index is 12.4. The zero-order chi connectivity index (χ0) is 17.3. The van der Waals surface area contributed by atoms with Gasteiger partial charge in [-0.05, 0) is 24.6 Å². The van der Waals surface area contributed by atoms with Gasteiger partial charge >= 0.3 is 0 Å². The molecular weight excluding hydrogens is 328 g/mol. The summed E-state index contributed by atoms with van der Waals surface area (Å²) < 4.78 is 0. The molecule has 1 heterocycles. The van der Waals surface area contributed by atoms with Crippen LogP contribution in [0.3, 0.4) is 0 Å². The number of carbonyl (C=O) groups excluding carboxylic acids is 3. The van der Waals surface area contributed by atoms with Gasteiger partial charge in [0.15, 0.2) is 0 Å². The van der Waals surface area contributed by atoms with Crippen molar-refractivity contribution in [2.24, 2.45) is 0 Å². The molecule has 0 aromatic heterocycles. The van der Waals surface area contributed by atoms with Crippen LogP contribution in [0.25, 0.3) is 0 Å². The number of amides is 3. The number of fused-ring (bicyclic) bond motifs is 1. The van der Waals surface area contributed by atoms with E-state index in [2.05, 4.69) is 5.32 Å². The van der Waals surface area contributed by atoms with Crippen molar-refractivity contribution in [3.8, 4) is 0 Å². The molecule has 5 nitrogen and oxygen atoms in total. The summed E-state index contributed by atoms with van der Waals surface area (Å²) in [4.78, 5) is 37.8. The lowest BCUT2D eigenvalue weighted by atomic mass is 10.1. The van der Waals surface area contributed by atoms with E-state index in [0.29, 0.717) is 0 Å². The highest BCUT2D eigenvalue weighted by molar-refractivity contribution is 6.37. The van der Waals surface area contributed by atoms with Crippen LogP contribution in [0.2, 0.25) is 5.02 Å². The van der Waals surface area contributed by atoms with Gasteiger partial charge in [0.05, 0.1) is 22.2 Å². The quantitative estimate of drug-likeness (QED) is 0.869. The first-order valence-corrected chi connectivity index (χ1v) is 7.86. The summed E-state index contributed by atoms with van der Waals surface area (Å²) in [6.07, 6.45) is 0. The van der Waals surface area contributed by atoms with Crippen molar-refractivity contribution in [2.45, 2.75) is 13.0 Å². The van der Waals surface area contributed by atoms with Crippen molar-refractivity contribution in [3.63, 3.8) is 0 Å². The van der Waals surface area contributed by atoms with Crippen LogP contribution in [0.5, 0.6) is 0 Å². The lowest BCUT2D eigenvalue weighted by Crippen LogP contribution is -2.41. The Morgan fingerprint density at radius 1 is 1.08 bits per heavy atom. The molecule has 1 N–H and O–H groups in total. The standard InChI is InChI=1S/C18H15ClN2O3/c1-11(12-6-3-2-4-7-12)20-15(22)10-21-17(23)13-8-5-9-14(19)16(13)18(21)24/h2-9,11H,10H2,1H3,(H,20,22). The number of nitrogens with one attached hydrogen (secondary N) is 1. The molecule has 1 aliphatic rings. The van der Waals surface area contributed by atoms with Gasteiger partial charge in [0, 0.05) is 0 Å². The molecule has 0 aliphatic carbocycles. The maximum Gasteiger partial charge on any atom is 0.263 e. The van der Waals surface area contributed by atoms with E-state index in [1.54, 1.807) is 12.1 Å². The van der Waals surface area contributed by atoms with Crippen LogP contribution in [-0.4, -0.2) is 29.2 Å². The summed E-state index contributed by atoms with van der Waals surface area (Å²) in [6, 6.07) is 13.9. The highest BCUT2D eigenvalue weighted by atomic mass is 35.5. The summed E-state index contributed by atoms with van der Waals surface area (Å²) in [7, 11) is 0. The molecule has 3 amide bonds. The highest BCUT2D eigenvalue weighted by Gasteiger charge is 2.38. The van der Waals surface area contributed by atoms with E-state index >= 15 is 0 Å². The Morgan fingerprint density at radius 2 is 1.79 bits per heavy atom. The van der Waals surface area contributed by atoms with Crippen LogP contribution in [-0.2, 0) is 4.79 Å². The number of hydrogen-bond donors (Lipinski definition) is 1. The van der Waals surface area contributed by atoms with Gasteiger partial charge in [-0.2, -0.15) is 0 Å². The average Bonchev–Trinajstić information content (AvgIpc) is 2.81. The fourth-order valence-electron chi connectivity index (χ4n) is 2.69. The van der Waals surface area contributed by atoms with Gasteiger partial charge in [0.2, 0.25) is 5.91 Å². The Hall–Kier alpha value is -2.66. The first kappa shape index (κ1) is 16.2. The Morgan fingerprint density at radius 3 is 2.46 bits per heavy atom. The topological polar surface area (TPSA) is 66.5 Å². The Balaban J connectivity index is 1.71. The zero-order valence-corrected chi connectivity index (χ0v) is 13.7. The lowest BCUT2D eigenvalue weighted by Gasteiger charge is -2.17. The van der Waals surface area contributed by atoms with Crippen molar-refractivity contribution < 1.29 is 14.4 Å². The predicted octanol–water partition coefficient (Wildman–Crippen LogP) is 2.81. The fourth-order valence-corrected chi connectivity index (χ4v) is 2.95. The zero-order valence-electron chi connectivity index (χ0n) is 13.0. The number of carbonyl (C=O) groups is 3. The molecule has 6 heteroatoms. The van der Waals surface area contributed by atoms with Gasteiger partial charge in [-0.15, -0.1) is 0 Å². The molecule has 1 atom stereocenters. The molecule has 1 aliphatic heterocycles. The van der Waals surface area contributed by atoms with E-state index in [-0.39, 0.29) is 28.7 Å². The molecule has 0 radical (unpaired) electrons. The normalized spacial score (nSPS) is 14.5. The minimum Gasteiger partial charge on any atom is -0.348 e. The van der Waals surface area contributed by atoms with E-state index in [9.17, 15) is 14.4 Å². The fraction of sp³-hybridized carbons (Fsp3) is 0.167. The van der Waals surface area contributed by atoms with Crippen molar-refractivity contribution in [1.82, 2.24) is 10.2 Å². The third-order valence-electron chi connectivity index (χ3n) is 3.93. The van der Waals surface area contributed by atoms with Crippen molar-refractivity contribution in [2.75, 3.05) is 6.54 Å². The molecule has 0 saturated carbocycles. The minimum atomic E-state index is -0.539. The molecule has 24 heavy (non-hydrogen) atoms. The van der Waals surface area contributed by atoms with E-state index in [1.165, 1.54) is 6.07 Å². The molecular formula is C18H15ClN2O3. The summed E-state index contributed by atoms with van der Waals surface area (Å²) in [6.45, 7) is 1.51. The molecule has 122 valence electrons. The number of imide groups is 1. The molecule has 2 aromatic rings. The molecule has 1 unspecified atom stereocenters. The minimum absolute atomic E-state index is 0.160. The second-order valence-corrected chi connectivity index (χ2v) is 5.97. The van der Waals surface area contributed by atoms with Crippen molar-refractivity contribution in [3.05, 3.63) is 70.2 Å². The highest BCUT2D eigenvalue weighted by Crippen LogP contribution is 2.28. The van der Waals surface area contributed by atoms with Gasteiger partial charge in [-0.1, -0.05) is 48.0 Å². The van der Waals surface area contributed by atoms with Gasteiger partial charge in [-0.25, -0.2) is 0 Å². The number of nitrogens with zero attached hydrogens (tertiary/aromatic N) is 1. The van der Waals surface area contributed by atoms with Crippen LogP contribution in [0, 0.1) is 0 Å². The third kappa shape index (κ3) is 2.90. The molecule has 0 fully saturated rings. The molecule has 0 saturated heterocycles. The van der Waals surface area contributed by atoms with Crippen molar-refractivity contribution >= 4 is 29.3 Å². The van der Waals surface area contributed by atoms with Gasteiger partial charge < -0.3 is 5.32 Å². The molecule has 3 rings (SSSR count). The third-order valence-corrected chi connectivity index (χ3v) is 4.24. The van der Waals surface area contributed by atoms with E-state index in [0.717, 1.165) is 10.5 Å². The number of benzene rings is 2.